The number of aromatic nitrogens is 4. The molecule has 0 saturated carbocycles. The summed E-state index contributed by atoms with van der Waals surface area (Å²) in [4.78, 5) is 12.4. The van der Waals surface area contributed by atoms with Gasteiger partial charge in [-0.2, -0.15) is 5.10 Å². The highest BCUT2D eigenvalue weighted by atomic mass is 16.6. The minimum atomic E-state index is -1.36. The Labute approximate surface area is 175 Å². The van der Waals surface area contributed by atoms with E-state index in [2.05, 4.69) is 25.5 Å². The standard InChI is InChI=1S/C18H21N7O6/c1-30-10-4-8(2-3-9(10)27)5-22-24-18-23-12-15(19)20-7-21-16(12)25(18)17-14(29)13(28)11(6-26)31-17/h2-5,7,11,13-14,17,26-29H,6H2,1H3,(H,23,24)(H2,19,20,21)/b22-5-/t11-,13+,14-,17+/m0/s1. The summed E-state index contributed by atoms with van der Waals surface area (Å²) in [6.45, 7) is -0.484. The van der Waals surface area contributed by atoms with E-state index in [1.54, 1.807) is 12.1 Å². The first-order chi connectivity index (χ1) is 14.9. The van der Waals surface area contributed by atoms with Crippen LogP contribution in [0.4, 0.5) is 11.8 Å². The maximum absolute atomic E-state index is 10.5. The summed E-state index contributed by atoms with van der Waals surface area (Å²) in [5.74, 6) is 0.489. The molecule has 31 heavy (non-hydrogen) atoms. The molecule has 0 unspecified atom stereocenters. The van der Waals surface area contributed by atoms with Crippen molar-refractivity contribution in [1.82, 2.24) is 19.5 Å². The Hall–Kier alpha value is -3.52. The van der Waals surface area contributed by atoms with Gasteiger partial charge in [0.1, 0.15) is 24.6 Å². The number of hydrogen-bond donors (Lipinski definition) is 6. The lowest BCUT2D eigenvalue weighted by molar-refractivity contribution is -0.0501. The third-order valence-electron chi connectivity index (χ3n) is 4.86. The Morgan fingerprint density at radius 1 is 1.32 bits per heavy atom. The number of benzene rings is 1. The lowest BCUT2D eigenvalue weighted by Gasteiger charge is -2.18. The number of imidazole rings is 1. The fourth-order valence-corrected chi connectivity index (χ4v) is 3.28. The monoisotopic (exact) mass is 431 g/mol. The number of nitrogens with two attached hydrogens (primary N) is 1. The number of phenolic OH excluding ortho intramolecular Hbond substituents is 1. The summed E-state index contributed by atoms with van der Waals surface area (Å²) in [5.41, 5.74) is 9.73. The number of nitrogens with one attached hydrogen (secondary N) is 1. The first-order valence-corrected chi connectivity index (χ1v) is 9.21. The molecule has 3 aromatic rings. The molecule has 1 saturated heterocycles. The molecule has 0 spiro atoms. The molecule has 13 heteroatoms. The van der Waals surface area contributed by atoms with Gasteiger partial charge in [-0.1, -0.05) is 0 Å². The molecule has 1 fully saturated rings. The van der Waals surface area contributed by atoms with Crippen molar-refractivity contribution < 1.29 is 29.9 Å². The first-order valence-electron chi connectivity index (χ1n) is 9.21. The van der Waals surface area contributed by atoms with Gasteiger partial charge >= 0.3 is 0 Å². The number of aromatic hydroxyl groups is 1. The van der Waals surface area contributed by atoms with Crippen molar-refractivity contribution in [2.45, 2.75) is 24.5 Å². The molecule has 3 heterocycles. The summed E-state index contributed by atoms with van der Waals surface area (Å²) < 4.78 is 12.1. The van der Waals surface area contributed by atoms with Crippen LogP contribution in [0.2, 0.25) is 0 Å². The van der Waals surface area contributed by atoms with E-state index in [4.69, 9.17) is 15.2 Å². The summed E-state index contributed by atoms with van der Waals surface area (Å²) >= 11 is 0. The lowest BCUT2D eigenvalue weighted by Crippen LogP contribution is -2.33. The molecule has 0 aliphatic carbocycles. The Kier molecular flexibility index (Phi) is 5.56. The van der Waals surface area contributed by atoms with Gasteiger partial charge in [0.05, 0.1) is 19.9 Å². The number of aliphatic hydroxyl groups is 3. The zero-order valence-corrected chi connectivity index (χ0v) is 16.3. The van der Waals surface area contributed by atoms with Crippen LogP contribution >= 0.6 is 0 Å². The van der Waals surface area contributed by atoms with Gasteiger partial charge in [0.25, 0.3) is 0 Å². The average Bonchev–Trinajstić information content (AvgIpc) is 3.27. The van der Waals surface area contributed by atoms with Gasteiger partial charge in [0.2, 0.25) is 5.95 Å². The highest BCUT2D eigenvalue weighted by Gasteiger charge is 2.45. The van der Waals surface area contributed by atoms with Crippen molar-refractivity contribution in [3.63, 3.8) is 0 Å². The Bertz CT molecular complexity index is 1120. The molecule has 164 valence electrons. The summed E-state index contributed by atoms with van der Waals surface area (Å²) in [5, 5.41) is 43.8. The fourth-order valence-electron chi connectivity index (χ4n) is 3.28. The van der Waals surface area contributed by atoms with Crippen LogP contribution in [0.3, 0.4) is 0 Å². The van der Waals surface area contributed by atoms with Gasteiger partial charge in [-0.25, -0.2) is 20.4 Å². The Balaban J connectivity index is 1.69. The molecule has 2 aromatic heterocycles. The van der Waals surface area contributed by atoms with Crippen LogP contribution in [0.25, 0.3) is 11.2 Å². The molecule has 1 aromatic carbocycles. The maximum atomic E-state index is 10.5. The number of hydrazone groups is 1. The van der Waals surface area contributed by atoms with E-state index in [0.29, 0.717) is 5.56 Å². The maximum Gasteiger partial charge on any atom is 0.228 e. The number of nitrogen functional groups attached to an aromatic ring is 1. The van der Waals surface area contributed by atoms with Gasteiger partial charge < -0.3 is 35.6 Å². The molecule has 1 aliphatic heterocycles. The zero-order chi connectivity index (χ0) is 22.1. The topological polar surface area (TPSA) is 193 Å². The SMILES string of the molecule is COc1cc(/C=N\Nc2nc3c(N)ncnc3n2[C@@H]2O[C@@H](CO)[C@@H](O)[C@@H]2O)ccc1O. The van der Waals surface area contributed by atoms with Gasteiger partial charge in [-0.05, 0) is 23.8 Å². The molecule has 4 atom stereocenters. The number of fused-ring (bicyclic) bond motifs is 1. The van der Waals surface area contributed by atoms with Crippen LogP contribution in [0, 0.1) is 0 Å². The summed E-state index contributed by atoms with van der Waals surface area (Å²) in [6.07, 6.45) is -2.09. The Morgan fingerprint density at radius 2 is 2.13 bits per heavy atom. The first kappa shape index (κ1) is 20.7. The van der Waals surface area contributed by atoms with Crippen LogP contribution in [0.5, 0.6) is 11.5 Å². The van der Waals surface area contributed by atoms with Crippen molar-refractivity contribution in [3.05, 3.63) is 30.1 Å². The molecule has 0 radical (unpaired) electrons. The van der Waals surface area contributed by atoms with E-state index >= 15 is 0 Å². The third kappa shape index (κ3) is 3.70. The predicted molar refractivity (Wildman–Crippen MR) is 109 cm³/mol. The van der Waals surface area contributed by atoms with Crippen molar-refractivity contribution in [1.29, 1.82) is 0 Å². The second-order valence-corrected chi connectivity index (χ2v) is 6.77. The highest BCUT2D eigenvalue weighted by Crippen LogP contribution is 2.35. The Morgan fingerprint density at radius 3 is 2.84 bits per heavy atom. The van der Waals surface area contributed by atoms with Gasteiger partial charge in [-0.15, -0.1) is 0 Å². The number of phenols is 1. The van der Waals surface area contributed by atoms with Crippen LogP contribution in [-0.2, 0) is 4.74 Å². The van der Waals surface area contributed by atoms with Gasteiger partial charge in [0.15, 0.2) is 34.7 Å². The number of anilines is 2. The number of nitrogens with zero attached hydrogens (tertiary/aromatic N) is 5. The molecule has 0 amide bonds. The molecule has 0 bridgehead atoms. The molecule has 13 nitrogen and oxygen atoms in total. The van der Waals surface area contributed by atoms with Crippen LogP contribution in [-0.4, -0.2) is 78.2 Å². The van der Waals surface area contributed by atoms with E-state index in [9.17, 15) is 20.4 Å². The predicted octanol–water partition coefficient (Wildman–Crippen LogP) is -0.820. The van der Waals surface area contributed by atoms with E-state index in [-0.39, 0.29) is 34.4 Å². The average molecular weight is 431 g/mol. The molecule has 4 rings (SSSR count). The fraction of sp³-hybridized carbons (Fsp3) is 0.333. The van der Waals surface area contributed by atoms with E-state index in [1.165, 1.54) is 30.3 Å². The number of ether oxygens (including phenoxy) is 2. The molecular formula is C18H21N7O6. The van der Waals surface area contributed by atoms with Gasteiger partial charge in [-0.3, -0.25) is 4.57 Å². The lowest BCUT2D eigenvalue weighted by atomic mass is 10.1. The minimum Gasteiger partial charge on any atom is -0.504 e. The molecule has 1 aliphatic rings. The second-order valence-electron chi connectivity index (χ2n) is 6.77. The minimum absolute atomic E-state index is 0.00665. The van der Waals surface area contributed by atoms with Crippen molar-refractivity contribution in [2.24, 2.45) is 5.10 Å². The van der Waals surface area contributed by atoms with Crippen molar-refractivity contribution in [2.75, 3.05) is 24.9 Å². The smallest absolute Gasteiger partial charge is 0.228 e. The summed E-state index contributed by atoms with van der Waals surface area (Å²) in [7, 11) is 1.43. The number of aliphatic hydroxyl groups excluding tert-OH is 3. The van der Waals surface area contributed by atoms with Crippen molar-refractivity contribution in [3.8, 4) is 11.5 Å². The van der Waals surface area contributed by atoms with E-state index in [1.807, 2.05) is 0 Å². The molecule has 7 N–H and O–H groups in total. The zero-order valence-electron chi connectivity index (χ0n) is 16.3. The van der Waals surface area contributed by atoms with Crippen LogP contribution < -0.4 is 15.9 Å². The highest BCUT2D eigenvalue weighted by molar-refractivity contribution is 5.85. The third-order valence-corrected chi connectivity index (χ3v) is 4.86. The normalized spacial score (nSPS) is 23.6. The molecular weight excluding hydrogens is 410 g/mol. The number of rotatable bonds is 6. The van der Waals surface area contributed by atoms with E-state index in [0.717, 1.165) is 0 Å². The van der Waals surface area contributed by atoms with Crippen LogP contribution in [0.1, 0.15) is 11.8 Å². The number of hydrogen-bond acceptors (Lipinski definition) is 12. The quantitative estimate of drug-likeness (QED) is 0.211. The van der Waals surface area contributed by atoms with Gasteiger partial charge in [0, 0.05) is 0 Å². The van der Waals surface area contributed by atoms with E-state index < -0.39 is 31.1 Å². The second kappa shape index (κ2) is 8.31. The largest absolute Gasteiger partial charge is 0.504 e. The van der Waals surface area contributed by atoms with Crippen LogP contribution in [0.15, 0.2) is 29.6 Å². The van der Waals surface area contributed by atoms with Crippen molar-refractivity contribution >= 4 is 29.1 Å². The number of methoxy groups -OCH3 is 1. The summed E-state index contributed by atoms with van der Waals surface area (Å²) in [6, 6.07) is 4.67.